The maximum atomic E-state index is 13.8. The molecule has 1 heterocycles. The minimum Gasteiger partial charge on any atom is -0.487 e. The maximum absolute atomic E-state index is 13.8. The first-order chi connectivity index (χ1) is 15.9. The van der Waals surface area contributed by atoms with E-state index in [0.29, 0.717) is 31.8 Å². The molecule has 0 atom stereocenters. The summed E-state index contributed by atoms with van der Waals surface area (Å²) in [7, 11) is 0. The summed E-state index contributed by atoms with van der Waals surface area (Å²) < 4.78 is 31.7. The van der Waals surface area contributed by atoms with E-state index < -0.39 is 11.7 Å². The average Bonchev–Trinajstić information content (AvgIpc) is 3.26. The molecule has 9 heteroatoms. The van der Waals surface area contributed by atoms with Crippen molar-refractivity contribution in [2.24, 2.45) is 0 Å². The van der Waals surface area contributed by atoms with Crippen molar-refractivity contribution in [3.05, 3.63) is 86.1 Å². The summed E-state index contributed by atoms with van der Waals surface area (Å²) in [5.74, 6) is 0.631. The topological polar surface area (TPSA) is 80.6 Å². The van der Waals surface area contributed by atoms with Gasteiger partial charge >= 0.3 is 0 Å². The van der Waals surface area contributed by atoms with Gasteiger partial charge in [0.15, 0.2) is 11.5 Å². The van der Waals surface area contributed by atoms with Crippen molar-refractivity contribution in [1.82, 2.24) is 0 Å². The van der Waals surface area contributed by atoms with Gasteiger partial charge in [-0.1, -0.05) is 18.2 Å². The van der Waals surface area contributed by atoms with Gasteiger partial charge in [0.05, 0.1) is 14.6 Å². The van der Waals surface area contributed by atoms with Gasteiger partial charge in [0.1, 0.15) is 29.8 Å². The first-order valence-corrected chi connectivity index (χ1v) is 11.2. The van der Waals surface area contributed by atoms with Crippen LogP contribution in [0.2, 0.25) is 0 Å². The zero-order chi connectivity index (χ0) is 23.4. The quantitative estimate of drug-likeness (QED) is 0.280. The molecule has 0 saturated heterocycles. The Morgan fingerprint density at radius 3 is 2.58 bits per heavy atom. The lowest BCUT2D eigenvalue weighted by Crippen LogP contribution is -2.14. The van der Waals surface area contributed by atoms with Crippen LogP contribution in [0.3, 0.4) is 0 Å². The number of ether oxygens (including phenoxy) is 3. The number of hydrogen-bond donors (Lipinski definition) is 1. The molecule has 0 radical (unpaired) electrons. The minimum atomic E-state index is -0.710. The number of nitriles is 1. The van der Waals surface area contributed by atoms with Gasteiger partial charge in [0, 0.05) is 0 Å². The SMILES string of the molecule is N#C/C(=C/c1cc(Br)c(OCc2ccc3c(c2)OCO3)c(Br)c1)C(=O)Nc1ccccc1F. The van der Waals surface area contributed by atoms with Crippen LogP contribution >= 0.6 is 31.9 Å². The summed E-state index contributed by atoms with van der Waals surface area (Å²) >= 11 is 6.94. The van der Waals surface area contributed by atoms with E-state index in [0.717, 1.165) is 5.56 Å². The zero-order valence-corrected chi connectivity index (χ0v) is 20.1. The fourth-order valence-corrected chi connectivity index (χ4v) is 4.51. The number of rotatable bonds is 6. The smallest absolute Gasteiger partial charge is 0.266 e. The molecule has 1 N–H and O–H groups in total. The second-order valence-corrected chi connectivity index (χ2v) is 8.60. The first kappa shape index (κ1) is 22.8. The van der Waals surface area contributed by atoms with E-state index in [1.165, 1.54) is 24.3 Å². The van der Waals surface area contributed by atoms with Crippen molar-refractivity contribution >= 4 is 49.5 Å². The number of benzene rings is 3. The predicted molar refractivity (Wildman–Crippen MR) is 127 cm³/mol. The number of fused-ring (bicyclic) bond motifs is 1. The highest BCUT2D eigenvalue weighted by molar-refractivity contribution is 9.11. The van der Waals surface area contributed by atoms with Gasteiger partial charge in [-0.3, -0.25) is 4.79 Å². The number of anilines is 1. The summed E-state index contributed by atoms with van der Waals surface area (Å²) in [5, 5.41) is 11.8. The van der Waals surface area contributed by atoms with Gasteiger partial charge in [-0.15, -0.1) is 0 Å². The second-order valence-electron chi connectivity index (χ2n) is 6.89. The normalized spacial score (nSPS) is 12.2. The molecule has 0 bridgehead atoms. The van der Waals surface area contributed by atoms with E-state index in [2.05, 4.69) is 37.2 Å². The Bertz CT molecular complexity index is 1280. The number of nitrogens with zero attached hydrogens (tertiary/aromatic N) is 1. The third-order valence-electron chi connectivity index (χ3n) is 4.64. The molecule has 4 rings (SSSR count). The molecule has 0 aromatic heterocycles. The van der Waals surface area contributed by atoms with Crippen molar-refractivity contribution in [1.29, 1.82) is 5.26 Å². The Kier molecular flexibility index (Phi) is 6.96. The van der Waals surface area contributed by atoms with Gasteiger partial charge in [0.2, 0.25) is 6.79 Å². The Morgan fingerprint density at radius 1 is 1.12 bits per heavy atom. The van der Waals surface area contributed by atoms with Gasteiger partial charge in [-0.2, -0.15) is 5.26 Å². The molecule has 1 aliphatic heterocycles. The van der Waals surface area contributed by atoms with Crippen molar-refractivity contribution in [3.8, 4) is 23.3 Å². The van der Waals surface area contributed by atoms with E-state index >= 15 is 0 Å². The number of halogens is 3. The monoisotopic (exact) mass is 572 g/mol. The maximum Gasteiger partial charge on any atom is 0.266 e. The van der Waals surface area contributed by atoms with E-state index in [1.807, 2.05) is 24.3 Å². The fraction of sp³-hybridized carbons (Fsp3) is 0.0833. The van der Waals surface area contributed by atoms with Gasteiger partial charge in [0.25, 0.3) is 5.91 Å². The molecule has 0 aliphatic carbocycles. The van der Waals surface area contributed by atoms with Gasteiger partial charge < -0.3 is 19.5 Å². The highest BCUT2D eigenvalue weighted by atomic mass is 79.9. The van der Waals surface area contributed by atoms with Crippen LogP contribution in [0.15, 0.2) is 69.1 Å². The van der Waals surface area contributed by atoms with Crippen molar-refractivity contribution in [2.75, 3.05) is 12.1 Å². The molecule has 0 saturated carbocycles. The Labute approximate surface area is 205 Å². The molecule has 33 heavy (non-hydrogen) atoms. The molecule has 0 unspecified atom stereocenters. The third kappa shape index (κ3) is 5.35. The summed E-state index contributed by atoms with van der Waals surface area (Å²) in [4.78, 5) is 12.4. The molecule has 3 aromatic carbocycles. The molecule has 6 nitrogen and oxygen atoms in total. The lowest BCUT2D eigenvalue weighted by atomic mass is 10.1. The number of nitrogens with one attached hydrogen (secondary N) is 1. The number of hydrogen-bond acceptors (Lipinski definition) is 5. The molecule has 1 amide bonds. The molecular formula is C24H15Br2FN2O4. The highest BCUT2D eigenvalue weighted by Gasteiger charge is 2.16. The van der Waals surface area contributed by atoms with Crippen LogP contribution in [0.5, 0.6) is 17.2 Å². The molecule has 0 fully saturated rings. The Balaban J connectivity index is 1.49. The minimum absolute atomic E-state index is 0.00160. The van der Waals surface area contributed by atoms with Crippen LogP contribution in [0, 0.1) is 17.1 Å². The van der Waals surface area contributed by atoms with E-state index in [-0.39, 0.29) is 24.7 Å². The summed E-state index contributed by atoms with van der Waals surface area (Å²) in [5.41, 5.74) is 1.30. The van der Waals surface area contributed by atoms with E-state index in [1.54, 1.807) is 18.2 Å². The van der Waals surface area contributed by atoms with E-state index in [4.69, 9.17) is 14.2 Å². The molecule has 1 aliphatic rings. The van der Waals surface area contributed by atoms with Crippen LogP contribution in [-0.2, 0) is 11.4 Å². The second kappa shape index (κ2) is 10.1. The van der Waals surface area contributed by atoms with Crippen molar-refractivity contribution in [2.45, 2.75) is 6.61 Å². The number of carbonyl (C=O) groups excluding carboxylic acids is 1. The van der Waals surface area contributed by atoms with Crippen LogP contribution < -0.4 is 19.5 Å². The first-order valence-electron chi connectivity index (χ1n) is 9.62. The summed E-state index contributed by atoms with van der Waals surface area (Å²) in [6.45, 7) is 0.492. The molecule has 166 valence electrons. The van der Waals surface area contributed by atoms with Crippen LogP contribution in [0.4, 0.5) is 10.1 Å². The molecule has 0 spiro atoms. The zero-order valence-electron chi connectivity index (χ0n) is 16.9. The van der Waals surface area contributed by atoms with Crippen LogP contribution in [0.25, 0.3) is 6.08 Å². The van der Waals surface area contributed by atoms with Crippen molar-refractivity contribution < 1.29 is 23.4 Å². The van der Waals surface area contributed by atoms with E-state index in [9.17, 15) is 14.4 Å². The Morgan fingerprint density at radius 2 is 1.85 bits per heavy atom. The lowest BCUT2D eigenvalue weighted by molar-refractivity contribution is -0.112. The largest absolute Gasteiger partial charge is 0.487 e. The highest BCUT2D eigenvalue weighted by Crippen LogP contribution is 2.37. The summed E-state index contributed by atoms with van der Waals surface area (Å²) in [6.07, 6.45) is 1.41. The van der Waals surface area contributed by atoms with Gasteiger partial charge in [-0.05, 0) is 85.5 Å². The molecular weight excluding hydrogens is 559 g/mol. The fourth-order valence-electron chi connectivity index (χ4n) is 3.05. The average molecular weight is 574 g/mol. The van der Waals surface area contributed by atoms with Crippen LogP contribution in [-0.4, -0.2) is 12.7 Å². The Hall–Kier alpha value is -3.35. The third-order valence-corrected chi connectivity index (χ3v) is 5.82. The number of para-hydroxylation sites is 1. The molecule has 3 aromatic rings. The lowest BCUT2D eigenvalue weighted by Gasteiger charge is -2.12. The van der Waals surface area contributed by atoms with Crippen LogP contribution in [0.1, 0.15) is 11.1 Å². The summed E-state index contributed by atoms with van der Waals surface area (Å²) in [6, 6.07) is 16.6. The number of carbonyl (C=O) groups is 1. The standard InChI is InChI=1S/C24H15Br2FN2O4/c25-17-8-15(7-16(11-28)24(30)29-20-4-2-1-3-19(20)27)9-18(26)23(17)31-12-14-5-6-21-22(10-14)33-13-32-21/h1-10H,12-13H2,(H,29,30)/b16-7-. The number of amides is 1. The van der Waals surface area contributed by atoms with Gasteiger partial charge in [-0.25, -0.2) is 4.39 Å². The predicted octanol–water partition coefficient (Wildman–Crippen LogP) is 6.20. The van der Waals surface area contributed by atoms with Crippen molar-refractivity contribution in [3.63, 3.8) is 0 Å².